The van der Waals surface area contributed by atoms with Crippen molar-refractivity contribution >= 4 is 0 Å². The van der Waals surface area contributed by atoms with Crippen molar-refractivity contribution in [3.8, 4) is 11.8 Å². The average molecular weight is 219 g/mol. The second-order valence-corrected chi connectivity index (χ2v) is 3.98. The summed E-state index contributed by atoms with van der Waals surface area (Å²) < 4.78 is 13.9. The van der Waals surface area contributed by atoms with Crippen molar-refractivity contribution in [3.05, 3.63) is 35.9 Å². The van der Waals surface area contributed by atoms with Gasteiger partial charge in [0, 0.05) is 12.3 Å². The third-order valence-electron chi connectivity index (χ3n) is 2.72. The molecule has 0 bridgehead atoms. The zero-order valence-electron chi connectivity index (χ0n) is 9.78. The van der Waals surface area contributed by atoms with Gasteiger partial charge in [0.25, 0.3) is 0 Å². The lowest BCUT2D eigenvalue weighted by Crippen LogP contribution is -2.34. The van der Waals surface area contributed by atoms with E-state index in [0.717, 1.165) is 5.56 Å². The molecule has 86 valence electrons. The molecule has 0 saturated carbocycles. The zero-order chi connectivity index (χ0) is 12.0. The molecule has 0 aromatic heterocycles. The lowest BCUT2D eigenvalue weighted by molar-refractivity contribution is 0.229. The quantitative estimate of drug-likeness (QED) is 0.774. The van der Waals surface area contributed by atoms with Crippen LogP contribution in [-0.2, 0) is 6.42 Å². The first-order valence-corrected chi connectivity index (χ1v) is 5.51. The number of halogens is 1. The molecule has 0 heterocycles. The summed E-state index contributed by atoms with van der Waals surface area (Å²) in [5, 5.41) is 0. The fourth-order valence-electron chi connectivity index (χ4n) is 1.55. The minimum Gasteiger partial charge on any atom is -0.317 e. The van der Waals surface area contributed by atoms with Crippen LogP contribution < -0.4 is 5.73 Å². The van der Waals surface area contributed by atoms with E-state index in [1.165, 1.54) is 0 Å². The van der Waals surface area contributed by atoms with E-state index in [1.807, 2.05) is 37.3 Å². The van der Waals surface area contributed by atoms with Gasteiger partial charge < -0.3 is 5.73 Å². The van der Waals surface area contributed by atoms with E-state index in [9.17, 15) is 4.39 Å². The van der Waals surface area contributed by atoms with Crippen molar-refractivity contribution in [1.29, 1.82) is 0 Å². The summed E-state index contributed by atoms with van der Waals surface area (Å²) in [7, 11) is 0. The first-order chi connectivity index (χ1) is 7.65. The van der Waals surface area contributed by atoms with Gasteiger partial charge in [0.2, 0.25) is 0 Å². The predicted octanol–water partition coefficient (Wildman–Crippen LogP) is 2.55. The van der Waals surface area contributed by atoms with E-state index in [0.29, 0.717) is 6.42 Å². The van der Waals surface area contributed by atoms with Crippen LogP contribution in [0.15, 0.2) is 30.3 Å². The van der Waals surface area contributed by atoms with Crippen LogP contribution in [-0.4, -0.2) is 12.2 Å². The highest BCUT2D eigenvalue weighted by Gasteiger charge is 2.21. The van der Waals surface area contributed by atoms with Crippen LogP contribution >= 0.6 is 0 Å². The molecule has 0 spiro atoms. The maximum Gasteiger partial charge on any atom is 0.109 e. The number of alkyl halides is 1. The van der Waals surface area contributed by atoms with Gasteiger partial charge in [-0.3, -0.25) is 0 Å². The predicted molar refractivity (Wildman–Crippen MR) is 65.6 cm³/mol. The highest BCUT2D eigenvalue weighted by Crippen LogP contribution is 2.16. The Labute approximate surface area is 96.9 Å². The minimum atomic E-state index is -0.946. The first kappa shape index (κ1) is 12.7. The molecule has 0 aliphatic heterocycles. The summed E-state index contributed by atoms with van der Waals surface area (Å²) in [6.45, 7) is 3.53. The van der Waals surface area contributed by atoms with E-state index in [1.54, 1.807) is 6.92 Å². The largest absolute Gasteiger partial charge is 0.317 e. The maximum absolute atomic E-state index is 13.9. The molecule has 1 aromatic carbocycles. The van der Waals surface area contributed by atoms with Gasteiger partial charge in [-0.05, 0) is 12.5 Å². The summed E-state index contributed by atoms with van der Waals surface area (Å²) in [6.07, 6.45) is -0.542. The van der Waals surface area contributed by atoms with Crippen LogP contribution in [0.5, 0.6) is 0 Å². The number of hydrogen-bond donors (Lipinski definition) is 1. The monoisotopic (exact) mass is 219 g/mol. The Morgan fingerprint density at radius 2 is 1.94 bits per heavy atom. The summed E-state index contributed by atoms with van der Waals surface area (Å²) >= 11 is 0. The fraction of sp³-hybridized carbons (Fsp3) is 0.429. The topological polar surface area (TPSA) is 26.0 Å². The molecule has 1 nitrogen and oxygen atoms in total. The highest BCUT2D eigenvalue weighted by atomic mass is 19.1. The van der Waals surface area contributed by atoms with Crippen LogP contribution in [0.4, 0.5) is 4.39 Å². The van der Waals surface area contributed by atoms with Crippen molar-refractivity contribution in [2.75, 3.05) is 0 Å². The molecule has 0 amide bonds. The first-order valence-electron chi connectivity index (χ1n) is 5.51. The highest BCUT2D eigenvalue weighted by molar-refractivity contribution is 5.16. The molecule has 3 atom stereocenters. The van der Waals surface area contributed by atoms with Gasteiger partial charge in [-0.15, -0.1) is 5.92 Å². The lowest BCUT2D eigenvalue weighted by atomic mass is 9.93. The molecule has 1 rings (SSSR count). The van der Waals surface area contributed by atoms with Crippen LogP contribution in [0.2, 0.25) is 0 Å². The lowest BCUT2D eigenvalue weighted by Gasteiger charge is -2.19. The van der Waals surface area contributed by atoms with E-state index in [2.05, 4.69) is 11.8 Å². The molecule has 2 heteroatoms. The van der Waals surface area contributed by atoms with E-state index in [4.69, 9.17) is 5.73 Å². The van der Waals surface area contributed by atoms with Crippen molar-refractivity contribution in [3.63, 3.8) is 0 Å². The summed E-state index contributed by atoms with van der Waals surface area (Å²) in [4.78, 5) is 0. The number of nitrogens with two attached hydrogens (primary N) is 1. The second kappa shape index (κ2) is 6.30. The van der Waals surface area contributed by atoms with Gasteiger partial charge in [0.15, 0.2) is 0 Å². The SMILES string of the molecule is CC#CC(N)C(C)C(F)Cc1ccccc1. The Balaban J connectivity index is 2.57. The maximum atomic E-state index is 13.9. The second-order valence-electron chi connectivity index (χ2n) is 3.98. The smallest absolute Gasteiger partial charge is 0.109 e. The molecule has 2 N–H and O–H groups in total. The number of benzene rings is 1. The van der Waals surface area contributed by atoms with Crippen LogP contribution in [0.25, 0.3) is 0 Å². The minimum absolute atomic E-state index is 0.243. The Kier molecular flexibility index (Phi) is 5.01. The van der Waals surface area contributed by atoms with Gasteiger partial charge in [-0.2, -0.15) is 0 Å². The molecule has 1 aromatic rings. The molecule has 0 aliphatic rings. The van der Waals surface area contributed by atoms with Gasteiger partial charge >= 0.3 is 0 Å². The van der Waals surface area contributed by atoms with Gasteiger partial charge in [-0.1, -0.05) is 43.2 Å². The molecule has 3 unspecified atom stereocenters. The summed E-state index contributed by atoms with van der Waals surface area (Å²) in [6, 6.07) is 9.22. The van der Waals surface area contributed by atoms with Crippen molar-refractivity contribution in [2.24, 2.45) is 11.7 Å². The number of hydrogen-bond acceptors (Lipinski definition) is 1. The third-order valence-corrected chi connectivity index (χ3v) is 2.72. The molecule has 0 aliphatic carbocycles. The van der Waals surface area contributed by atoms with Crippen LogP contribution in [0.1, 0.15) is 19.4 Å². The van der Waals surface area contributed by atoms with Crippen LogP contribution in [0.3, 0.4) is 0 Å². The van der Waals surface area contributed by atoms with E-state index in [-0.39, 0.29) is 12.0 Å². The average Bonchev–Trinajstić information content (AvgIpc) is 2.29. The summed E-state index contributed by atoms with van der Waals surface area (Å²) in [5.41, 5.74) is 6.77. The third kappa shape index (κ3) is 3.67. The van der Waals surface area contributed by atoms with Crippen molar-refractivity contribution in [1.82, 2.24) is 0 Å². The van der Waals surface area contributed by atoms with Crippen LogP contribution in [0, 0.1) is 17.8 Å². The normalized spacial score (nSPS) is 15.8. The molecule has 0 radical (unpaired) electrons. The molecule has 0 fully saturated rings. The van der Waals surface area contributed by atoms with Gasteiger partial charge in [0.05, 0.1) is 6.04 Å². The molecule has 0 saturated heterocycles. The Hall–Kier alpha value is -1.33. The molecular weight excluding hydrogens is 201 g/mol. The Bertz CT molecular complexity index is 363. The number of rotatable bonds is 4. The standard InChI is InChI=1S/C14H18FN/c1-3-7-14(16)11(2)13(15)10-12-8-5-4-6-9-12/h4-6,8-9,11,13-14H,10,16H2,1-2H3. The van der Waals surface area contributed by atoms with E-state index < -0.39 is 6.17 Å². The van der Waals surface area contributed by atoms with E-state index >= 15 is 0 Å². The molecule has 16 heavy (non-hydrogen) atoms. The Morgan fingerprint density at radius 3 is 2.50 bits per heavy atom. The van der Waals surface area contributed by atoms with Crippen molar-refractivity contribution < 1.29 is 4.39 Å². The van der Waals surface area contributed by atoms with Gasteiger partial charge in [-0.25, -0.2) is 4.39 Å². The van der Waals surface area contributed by atoms with Crippen molar-refractivity contribution in [2.45, 2.75) is 32.5 Å². The summed E-state index contributed by atoms with van der Waals surface area (Å²) in [5.74, 6) is 5.28. The van der Waals surface area contributed by atoms with Gasteiger partial charge in [0.1, 0.15) is 6.17 Å². The fourth-order valence-corrected chi connectivity index (χ4v) is 1.55. The zero-order valence-corrected chi connectivity index (χ0v) is 9.78. The Morgan fingerprint density at radius 1 is 1.31 bits per heavy atom. The molecular formula is C14H18FN.